The second kappa shape index (κ2) is 8.14. The van der Waals surface area contributed by atoms with Crippen LogP contribution in [0, 0.1) is 0 Å². The highest BCUT2D eigenvalue weighted by Crippen LogP contribution is 2.19. The molecule has 0 radical (unpaired) electrons. The largest absolute Gasteiger partial charge is 0.383 e. The highest BCUT2D eigenvalue weighted by atomic mass is 32.2. The number of benzene rings is 1. The van der Waals surface area contributed by atoms with Crippen molar-refractivity contribution in [3.05, 3.63) is 59.9 Å². The van der Waals surface area contributed by atoms with Gasteiger partial charge in [-0.05, 0) is 36.8 Å². The van der Waals surface area contributed by atoms with Crippen molar-refractivity contribution in [3.8, 4) is 0 Å². The van der Waals surface area contributed by atoms with Crippen molar-refractivity contribution in [2.45, 2.75) is 18.4 Å². The highest BCUT2D eigenvalue weighted by Gasteiger charge is 2.24. The average molecular weight is 348 g/mol. The van der Waals surface area contributed by atoms with Gasteiger partial charge in [0.15, 0.2) is 5.78 Å². The van der Waals surface area contributed by atoms with Crippen LogP contribution in [0.25, 0.3) is 0 Å². The van der Waals surface area contributed by atoms with Crippen molar-refractivity contribution in [1.82, 2.24) is 9.29 Å². The van der Waals surface area contributed by atoms with Gasteiger partial charge in [-0.3, -0.25) is 9.78 Å². The van der Waals surface area contributed by atoms with Crippen molar-refractivity contribution in [2.24, 2.45) is 0 Å². The van der Waals surface area contributed by atoms with Crippen LogP contribution in [-0.2, 0) is 21.3 Å². The van der Waals surface area contributed by atoms with Gasteiger partial charge >= 0.3 is 0 Å². The molecule has 0 aliphatic rings. The summed E-state index contributed by atoms with van der Waals surface area (Å²) in [6.07, 6.45) is 3.25. The van der Waals surface area contributed by atoms with E-state index in [1.54, 1.807) is 24.5 Å². The molecule has 0 N–H and O–H groups in total. The number of aromatic nitrogens is 1. The van der Waals surface area contributed by atoms with E-state index in [0.29, 0.717) is 5.56 Å². The van der Waals surface area contributed by atoms with E-state index in [-0.39, 0.29) is 30.4 Å². The van der Waals surface area contributed by atoms with Crippen LogP contribution in [0.1, 0.15) is 22.8 Å². The first-order valence-electron chi connectivity index (χ1n) is 7.44. The summed E-state index contributed by atoms with van der Waals surface area (Å²) in [4.78, 5) is 15.4. The molecular formula is C17H20N2O4S. The van der Waals surface area contributed by atoms with Crippen LogP contribution < -0.4 is 0 Å². The average Bonchev–Trinajstić information content (AvgIpc) is 2.59. The van der Waals surface area contributed by atoms with Gasteiger partial charge in [0.2, 0.25) is 10.0 Å². The molecule has 0 atom stereocenters. The Morgan fingerprint density at radius 3 is 2.29 bits per heavy atom. The van der Waals surface area contributed by atoms with Gasteiger partial charge in [0.25, 0.3) is 0 Å². The minimum atomic E-state index is -3.69. The van der Waals surface area contributed by atoms with Gasteiger partial charge in [-0.25, -0.2) is 8.42 Å². The summed E-state index contributed by atoms with van der Waals surface area (Å²) in [5.41, 5.74) is 1.32. The first-order valence-corrected chi connectivity index (χ1v) is 8.88. The minimum Gasteiger partial charge on any atom is -0.383 e. The Bertz CT molecular complexity index is 774. The number of Topliss-reactive ketones (excluding diaryl/α,β-unsaturated/α-hetero) is 1. The number of methoxy groups -OCH3 is 1. The number of carbonyl (C=O) groups excluding carboxylic acids is 1. The SMILES string of the molecule is COCCN(Cc1ccncc1)S(=O)(=O)c1ccc(C(C)=O)cc1. The third-order valence-corrected chi connectivity index (χ3v) is 5.41. The van der Waals surface area contributed by atoms with Crippen molar-refractivity contribution in [1.29, 1.82) is 0 Å². The summed E-state index contributed by atoms with van der Waals surface area (Å²) in [6.45, 7) is 2.19. The normalized spacial score (nSPS) is 11.6. The summed E-state index contributed by atoms with van der Waals surface area (Å²) in [6, 6.07) is 9.51. The third-order valence-electron chi connectivity index (χ3n) is 3.55. The second-order valence-electron chi connectivity index (χ2n) is 5.27. The molecule has 1 heterocycles. The monoisotopic (exact) mass is 348 g/mol. The topological polar surface area (TPSA) is 76.6 Å². The Balaban J connectivity index is 2.30. The van der Waals surface area contributed by atoms with Gasteiger partial charge in [-0.15, -0.1) is 0 Å². The molecule has 6 nitrogen and oxygen atoms in total. The number of carbonyl (C=O) groups is 1. The Morgan fingerprint density at radius 1 is 1.12 bits per heavy atom. The summed E-state index contributed by atoms with van der Waals surface area (Å²) in [7, 11) is -2.17. The van der Waals surface area contributed by atoms with Crippen LogP contribution in [0.2, 0.25) is 0 Å². The third kappa shape index (κ3) is 4.47. The van der Waals surface area contributed by atoms with Crippen LogP contribution in [0.15, 0.2) is 53.7 Å². The zero-order valence-electron chi connectivity index (χ0n) is 13.7. The van der Waals surface area contributed by atoms with Crippen molar-refractivity contribution in [3.63, 3.8) is 0 Å². The molecular weight excluding hydrogens is 328 g/mol. The van der Waals surface area contributed by atoms with Gasteiger partial charge in [-0.1, -0.05) is 12.1 Å². The van der Waals surface area contributed by atoms with Crippen molar-refractivity contribution in [2.75, 3.05) is 20.3 Å². The number of hydrogen-bond donors (Lipinski definition) is 0. The Labute approximate surface area is 142 Å². The van der Waals surface area contributed by atoms with Crippen LogP contribution in [0.5, 0.6) is 0 Å². The fraction of sp³-hybridized carbons (Fsp3) is 0.294. The molecule has 24 heavy (non-hydrogen) atoms. The molecule has 0 bridgehead atoms. The summed E-state index contributed by atoms with van der Waals surface area (Å²) in [5, 5.41) is 0. The molecule has 128 valence electrons. The number of nitrogens with zero attached hydrogens (tertiary/aromatic N) is 2. The lowest BCUT2D eigenvalue weighted by atomic mass is 10.2. The maximum absolute atomic E-state index is 12.9. The lowest BCUT2D eigenvalue weighted by Crippen LogP contribution is -2.33. The molecule has 0 amide bonds. The van der Waals surface area contributed by atoms with E-state index in [2.05, 4.69) is 4.98 Å². The molecule has 0 aliphatic heterocycles. The Hall–Kier alpha value is -2.09. The van der Waals surface area contributed by atoms with Crippen molar-refractivity contribution < 1.29 is 17.9 Å². The van der Waals surface area contributed by atoms with Gasteiger partial charge in [-0.2, -0.15) is 4.31 Å². The number of pyridine rings is 1. The van der Waals surface area contributed by atoms with E-state index < -0.39 is 10.0 Å². The van der Waals surface area contributed by atoms with Crippen LogP contribution in [-0.4, -0.2) is 43.8 Å². The first-order chi connectivity index (χ1) is 11.4. The fourth-order valence-corrected chi connectivity index (χ4v) is 3.59. The zero-order chi connectivity index (χ0) is 17.6. The number of ether oxygens (including phenoxy) is 1. The highest BCUT2D eigenvalue weighted by molar-refractivity contribution is 7.89. The van der Waals surface area contributed by atoms with E-state index in [1.165, 1.54) is 42.6 Å². The quantitative estimate of drug-likeness (QED) is 0.683. The van der Waals surface area contributed by atoms with Crippen LogP contribution in [0.4, 0.5) is 0 Å². The van der Waals surface area contributed by atoms with E-state index in [4.69, 9.17) is 4.74 Å². The fourth-order valence-electron chi connectivity index (χ4n) is 2.18. The number of hydrogen-bond acceptors (Lipinski definition) is 5. The molecule has 0 fully saturated rings. The minimum absolute atomic E-state index is 0.105. The number of rotatable bonds is 8. The van der Waals surface area contributed by atoms with Crippen LogP contribution >= 0.6 is 0 Å². The molecule has 0 unspecified atom stereocenters. The molecule has 1 aromatic heterocycles. The smallest absolute Gasteiger partial charge is 0.243 e. The second-order valence-corrected chi connectivity index (χ2v) is 7.21. The maximum atomic E-state index is 12.9. The van der Waals surface area contributed by atoms with Gasteiger partial charge in [0.05, 0.1) is 11.5 Å². The van der Waals surface area contributed by atoms with Gasteiger partial charge < -0.3 is 4.74 Å². The zero-order valence-corrected chi connectivity index (χ0v) is 14.5. The Kier molecular flexibility index (Phi) is 6.19. The van der Waals surface area contributed by atoms with E-state index in [1.807, 2.05) is 0 Å². The standard InChI is InChI=1S/C17H20N2O4S/c1-14(20)16-3-5-17(6-4-16)24(21,22)19(11-12-23-2)13-15-7-9-18-10-8-15/h3-10H,11-13H2,1-2H3. The Morgan fingerprint density at radius 2 is 1.75 bits per heavy atom. The number of sulfonamides is 1. The molecule has 2 rings (SSSR count). The van der Waals surface area contributed by atoms with Gasteiger partial charge in [0, 0.05) is 38.2 Å². The lowest BCUT2D eigenvalue weighted by Gasteiger charge is -2.22. The number of ketones is 1. The molecule has 0 saturated carbocycles. The predicted molar refractivity (Wildman–Crippen MR) is 90.2 cm³/mol. The van der Waals surface area contributed by atoms with E-state index in [0.717, 1.165) is 5.56 Å². The molecule has 2 aromatic rings. The molecule has 7 heteroatoms. The molecule has 0 saturated heterocycles. The lowest BCUT2D eigenvalue weighted by molar-refractivity contribution is 0.101. The summed E-state index contributed by atoms with van der Waals surface area (Å²) >= 11 is 0. The molecule has 0 aliphatic carbocycles. The molecule has 0 spiro atoms. The maximum Gasteiger partial charge on any atom is 0.243 e. The first kappa shape index (κ1) is 18.3. The van der Waals surface area contributed by atoms with E-state index >= 15 is 0 Å². The molecule has 1 aromatic carbocycles. The summed E-state index contributed by atoms with van der Waals surface area (Å²) < 4.78 is 32.2. The van der Waals surface area contributed by atoms with Crippen molar-refractivity contribution >= 4 is 15.8 Å². The summed E-state index contributed by atoms with van der Waals surface area (Å²) in [5.74, 6) is -0.105. The van der Waals surface area contributed by atoms with Gasteiger partial charge in [0.1, 0.15) is 0 Å². The van der Waals surface area contributed by atoms with Crippen LogP contribution in [0.3, 0.4) is 0 Å². The van der Waals surface area contributed by atoms with E-state index in [9.17, 15) is 13.2 Å². The predicted octanol–water partition coefficient (Wildman–Crippen LogP) is 2.12.